The Morgan fingerprint density at radius 3 is 2.33 bits per heavy atom. The van der Waals surface area contributed by atoms with Crippen molar-refractivity contribution in [2.75, 3.05) is 13.2 Å². The second-order valence-corrected chi connectivity index (χ2v) is 9.81. The average Bonchev–Trinajstić information content (AvgIpc) is 3.28. The van der Waals surface area contributed by atoms with E-state index < -0.39 is 0 Å². The number of benzene rings is 1. The molecule has 1 N–H and O–H groups in total. The molecule has 0 amide bonds. The Hall–Kier alpha value is -4.12. The van der Waals surface area contributed by atoms with E-state index in [4.69, 9.17) is 9.47 Å². The summed E-state index contributed by atoms with van der Waals surface area (Å²) in [7, 11) is 0. The van der Waals surface area contributed by atoms with Crippen LogP contribution in [0.4, 0.5) is 0 Å². The van der Waals surface area contributed by atoms with Crippen molar-refractivity contribution >= 4 is 17.6 Å². The molecule has 0 aliphatic carbocycles. The van der Waals surface area contributed by atoms with Crippen molar-refractivity contribution < 1.29 is 19.1 Å². The lowest BCUT2D eigenvalue weighted by atomic mass is 10.0. The Bertz CT molecular complexity index is 1410. The van der Waals surface area contributed by atoms with E-state index in [1.807, 2.05) is 31.2 Å². The van der Waals surface area contributed by atoms with Crippen LogP contribution in [0.15, 0.2) is 53.5 Å². The molecule has 0 unspecified atom stereocenters. The third-order valence-electron chi connectivity index (χ3n) is 6.58. The fourth-order valence-electron chi connectivity index (χ4n) is 4.42. The first-order valence-electron chi connectivity index (χ1n) is 13.5. The summed E-state index contributed by atoms with van der Waals surface area (Å²) in [6.45, 7) is 7.98. The molecular formula is C31H37N3O5. The number of esters is 2. The van der Waals surface area contributed by atoms with E-state index in [0.29, 0.717) is 54.1 Å². The van der Waals surface area contributed by atoms with Crippen molar-refractivity contribution in [3.63, 3.8) is 0 Å². The number of aryl methyl sites for hydroxylation is 2. The number of nitrogens with one attached hydrogen (secondary N) is 1. The summed E-state index contributed by atoms with van der Waals surface area (Å²) in [6.07, 6.45) is 8.70. The molecule has 0 saturated heterocycles. The Kier molecular flexibility index (Phi) is 11.1. The molecule has 0 atom stereocenters. The van der Waals surface area contributed by atoms with Gasteiger partial charge in [-0.1, -0.05) is 56.5 Å². The smallest absolute Gasteiger partial charge is 0.333 e. The van der Waals surface area contributed by atoms with Crippen LogP contribution in [-0.2, 0) is 25.5 Å². The van der Waals surface area contributed by atoms with Crippen LogP contribution in [0, 0.1) is 18.3 Å². The topological polar surface area (TPSA) is 114 Å². The van der Waals surface area contributed by atoms with E-state index in [1.54, 1.807) is 13.1 Å². The fourth-order valence-corrected chi connectivity index (χ4v) is 4.42. The van der Waals surface area contributed by atoms with Crippen LogP contribution in [0.2, 0.25) is 0 Å². The highest BCUT2D eigenvalue weighted by molar-refractivity contribution is 5.86. The van der Waals surface area contributed by atoms with Crippen LogP contribution < -0.4 is 5.56 Å². The molecule has 0 spiro atoms. The maximum atomic E-state index is 12.8. The summed E-state index contributed by atoms with van der Waals surface area (Å²) < 4.78 is 11.9. The van der Waals surface area contributed by atoms with Crippen molar-refractivity contribution in [2.24, 2.45) is 0 Å². The van der Waals surface area contributed by atoms with E-state index in [0.717, 1.165) is 49.7 Å². The van der Waals surface area contributed by atoms with Gasteiger partial charge in [-0.25, -0.2) is 4.79 Å². The summed E-state index contributed by atoms with van der Waals surface area (Å²) in [5.41, 5.74) is 4.42. The highest BCUT2D eigenvalue weighted by Crippen LogP contribution is 2.29. The third kappa shape index (κ3) is 8.44. The molecule has 2 aromatic heterocycles. The number of hydrogen-bond donors (Lipinski definition) is 1. The predicted molar refractivity (Wildman–Crippen MR) is 150 cm³/mol. The number of carbonyl (C=O) groups excluding carboxylic acids is 2. The Balaban J connectivity index is 1.38. The third-order valence-corrected chi connectivity index (χ3v) is 6.58. The van der Waals surface area contributed by atoms with E-state index in [1.165, 1.54) is 10.5 Å². The van der Waals surface area contributed by atoms with Crippen molar-refractivity contribution in [3.05, 3.63) is 75.9 Å². The predicted octanol–water partition coefficient (Wildman–Crippen LogP) is 5.80. The number of aromatic nitrogens is 2. The average molecular weight is 532 g/mol. The molecule has 0 saturated carbocycles. The quantitative estimate of drug-likeness (QED) is 0.151. The minimum absolute atomic E-state index is 0.217. The van der Waals surface area contributed by atoms with Crippen molar-refractivity contribution in [1.82, 2.24) is 9.38 Å². The second-order valence-electron chi connectivity index (χ2n) is 9.81. The summed E-state index contributed by atoms with van der Waals surface area (Å²) in [6, 6.07) is 11.5. The molecule has 1 aromatic carbocycles. The fraction of sp³-hybridized carbons (Fsp3) is 0.419. The van der Waals surface area contributed by atoms with E-state index >= 15 is 0 Å². The van der Waals surface area contributed by atoms with Gasteiger partial charge in [-0.2, -0.15) is 5.26 Å². The van der Waals surface area contributed by atoms with Gasteiger partial charge in [0.15, 0.2) is 0 Å². The largest absolute Gasteiger partial charge is 0.466 e. The van der Waals surface area contributed by atoms with Crippen molar-refractivity contribution in [2.45, 2.75) is 71.6 Å². The molecular weight excluding hydrogens is 494 g/mol. The highest BCUT2D eigenvalue weighted by atomic mass is 16.5. The summed E-state index contributed by atoms with van der Waals surface area (Å²) in [4.78, 5) is 39.4. The highest BCUT2D eigenvalue weighted by Gasteiger charge is 2.16. The monoisotopic (exact) mass is 531 g/mol. The van der Waals surface area contributed by atoms with Gasteiger partial charge < -0.3 is 14.5 Å². The number of nitrogens with zero attached hydrogens (tertiary/aromatic N) is 2. The number of nitriles is 1. The zero-order valence-corrected chi connectivity index (χ0v) is 22.9. The Morgan fingerprint density at radius 2 is 1.67 bits per heavy atom. The molecule has 8 nitrogen and oxygen atoms in total. The number of rotatable bonds is 15. The lowest BCUT2D eigenvalue weighted by Crippen LogP contribution is -2.14. The number of H-pyrrole nitrogens is 1. The lowest BCUT2D eigenvalue weighted by molar-refractivity contribution is -0.144. The molecule has 206 valence electrons. The molecule has 3 aromatic rings. The van der Waals surface area contributed by atoms with E-state index in [9.17, 15) is 19.6 Å². The number of ether oxygens (including phenoxy) is 2. The molecule has 0 radical (unpaired) electrons. The first kappa shape index (κ1) is 29.4. The molecule has 0 fully saturated rings. The van der Waals surface area contributed by atoms with Crippen LogP contribution >= 0.6 is 0 Å². The van der Waals surface area contributed by atoms with Crippen LogP contribution in [0.1, 0.15) is 75.1 Å². The van der Waals surface area contributed by atoms with Gasteiger partial charge in [0.2, 0.25) is 0 Å². The van der Waals surface area contributed by atoms with Crippen LogP contribution in [0.25, 0.3) is 16.8 Å². The summed E-state index contributed by atoms with van der Waals surface area (Å²) in [5.74, 6) is -0.590. The molecule has 0 aliphatic heterocycles. The van der Waals surface area contributed by atoms with Gasteiger partial charge in [0.1, 0.15) is 17.3 Å². The van der Waals surface area contributed by atoms with Crippen LogP contribution in [0.5, 0.6) is 0 Å². The molecule has 39 heavy (non-hydrogen) atoms. The van der Waals surface area contributed by atoms with E-state index in [-0.39, 0.29) is 23.9 Å². The van der Waals surface area contributed by atoms with E-state index in [2.05, 4.69) is 17.6 Å². The Morgan fingerprint density at radius 1 is 1.00 bits per heavy atom. The summed E-state index contributed by atoms with van der Waals surface area (Å²) >= 11 is 0. The van der Waals surface area contributed by atoms with Crippen molar-refractivity contribution in [3.8, 4) is 17.2 Å². The number of hydrogen-bond acceptors (Lipinski definition) is 6. The molecule has 0 bridgehead atoms. The number of unbranched alkanes of at least 4 members (excludes halogenated alkanes) is 5. The maximum absolute atomic E-state index is 12.8. The van der Waals surface area contributed by atoms with Crippen LogP contribution in [-0.4, -0.2) is 34.5 Å². The first-order chi connectivity index (χ1) is 18.8. The van der Waals surface area contributed by atoms with Gasteiger partial charge in [0, 0.05) is 35.5 Å². The second kappa shape index (κ2) is 14.7. The molecule has 2 heterocycles. The van der Waals surface area contributed by atoms with Crippen molar-refractivity contribution in [1.29, 1.82) is 5.26 Å². The normalized spacial score (nSPS) is 10.8. The molecule has 0 aliphatic rings. The minimum Gasteiger partial charge on any atom is -0.466 e. The van der Waals surface area contributed by atoms with Crippen LogP contribution in [0.3, 0.4) is 0 Å². The maximum Gasteiger partial charge on any atom is 0.333 e. The first-order valence-corrected chi connectivity index (χ1v) is 13.5. The Labute approximate surface area is 229 Å². The molecule has 3 rings (SSSR count). The molecule has 8 heteroatoms. The number of fused-ring (bicyclic) bond motifs is 1. The standard InChI is InChI=1S/C31H37N3O5/c1-22(2)31(37)39-18-11-7-5-4-6-10-17-38-29(36)16-12-14-24-19-28(35)34-21-27(26(20-32)30(34)33-24)25-15-9-8-13-23(25)3/h8-9,13,15,19,21,33H,1,4-7,10-12,14,16-18H2,2-3H3. The lowest BCUT2D eigenvalue weighted by Gasteiger charge is -2.06. The van der Waals surface area contributed by atoms with Gasteiger partial charge >= 0.3 is 11.9 Å². The van der Waals surface area contributed by atoms with Gasteiger partial charge in [-0.3, -0.25) is 14.0 Å². The number of carbonyl (C=O) groups is 2. The van der Waals surface area contributed by atoms with Gasteiger partial charge in [0.25, 0.3) is 5.56 Å². The zero-order valence-electron chi connectivity index (χ0n) is 22.9. The van der Waals surface area contributed by atoms with Gasteiger partial charge in [-0.05, 0) is 50.7 Å². The minimum atomic E-state index is -0.340. The van der Waals surface area contributed by atoms with Gasteiger partial charge in [0.05, 0.1) is 13.2 Å². The van der Waals surface area contributed by atoms with Gasteiger partial charge in [-0.15, -0.1) is 0 Å². The number of aromatic amines is 1. The summed E-state index contributed by atoms with van der Waals surface area (Å²) in [5, 5.41) is 9.84. The zero-order chi connectivity index (χ0) is 28.2. The SMILES string of the molecule is C=C(C)C(=O)OCCCCCCCCOC(=O)CCCc1cc(=O)n2cc(-c3ccccc3C)c(C#N)c2[nH]1.